The highest BCUT2D eigenvalue weighted by molar-refractivity contribution is 5.95. The van der Waals surface area contributed by atoms with Gasteiger partial charge in [-0.05, 0) is 18.2 Å². The number of benzene rings is 1. The third-order valence-electron chi connectivity index (χ3n) is 2.46. The first kappa shape index (κ1) is 14.5. The molecule has 0 aliphatic carbocycles. The predicted molar refractivity (Wildman–Crippen MR) is 57.8 cm³/mol. The maximum Gasteiger partial charge on any atom is 0.255 e. The van der Waals surface area contributed by atoms with Crippen LogP contribution in [0.2, 0.25) is 0 Å². The molecular formula is C11H13F2NO4. The summed E-state index contributed by atoms with van der Waals surface area (Å²) in [6, 6.07) is 2.31. The van der Waals surface area contributed by atoms with Crippen molar-refractivity contribution in [2.24, 2.45) is 0 Å². The fraction of sp³-hybridized carbons (Fsp3) is 0.364. The monoisotopic (exact) mass is 261 g/mol. The molecule has 1 aromatic rings. The first-order valence-electron chi connectivity index (χ1n) is 5.08. The minimum Gasteiger partial charge on any atom is -0.394 e. The number of aliphatic hydroxyl groups is 3. The van der Waals surface area contributed by atoms with Crippen LogP contribution >= 0.6 is 0 Å². The first-order valence-corrected chi connectivity index (χ1v) is 5.08. The van der Waals surface area contributed by atoms with E-state index in [1.807, 2.05) is 0 Å². The summed E-state index contributed by atoms with van der Waals surface area (Å²) >= 11 is 0. The van der Waals surface area contributed by atoms with E-state index in [1.54, 1.807) is 0 Å². The number of carbonyl (C=O) groups excluding carboxylic acids is 1. The van der Waals surface area contributed by atoms with E-state index < -0.39 is 48.5 Å². The summed E-state index contributed by atoms with van der Waals surface area (Å²) in [4.78, 5) is 11.7. The Balaban J connectivity index is 2.97. The number of nitrogens with one attached hydrogen (secondary N) is 1. The molecule has 0 unspecified atom stereocenters. The van der Waals surface area contributed by atoms with Crippen LogP contribution in [0.4, 0.5) is 8.78 Å². The maximum atomic E-state index is 13.3. The molecule has 0 radical (unpaired) electrons. The van der Waals surface area contributed by atoms with Crippen LogP contribution in [-0.2, 0) is 0 Å². The van der Waals surface area contributed by atoms with Gasteiger partial charge in [0.15, 0.2) is 0 Å². The van der Waals surface area contributed by atoms with Crippen LogP contribution in [0.1, 0.15) is 10.4 Å². The summed E-state index contributed by atoms with van der Waals surface area (Å²) in [6.45, 7) is -2.24. The van der Waals surface area contributed by atoms with Crippen LogP contribution in [-0.4, -0.2) is 46.6 Å². The van der Waals surface area contributed by atoms with E-state index in [9.17, 15) is 13.6 Å². The zero-order valence-electron chi connectivity index (χ0n) is 9.36. The third kappa shape index (κ3) is 3.00. The van der Waals surface area contributed by atoms with Crippen molar-refractivity contribution in [1.82, 2.24) is 5.32 Å². The summed E-state index contributed by atoms with van der Waals surface area (Å²) in [5.41, 5.74) is -2.26. The fourth-order valence-electron chi connectivity index (χ4n) is 1.25. The molecule has 4 N–H and O–H groups in total. The average Bonchev–Trinajstić information content (AvgIpc) is 2.38. The Hall–Kier alpha value is -1.57. The Morgan fingerprint density at radius 1 is 1.17 bits per heavy atom. The lowest BCUT2D eigenvalue weighted by atomic mass is 10.0. The normalized spacial score (nSPS) is 11.4. The van der Waals surface area contributed by atoms with Gasteiger partial charge in [0.05, 0.1) is 25.4 Å². The van der Waals surface area contributed by atoms with Crippen LogP contribution in [0.5, 0.6) is 0 Å². The van der Waals surface area contributed by atoms with Crippen LogP contribution in [0.3, 0.4) is 0 Å². The number of halogens is 2. The Kier molecular flexibility index (Phi) is 4.71. The van der Waals surface area contributed by atoms with Crippen molar-refractivity contribution in [1.29, 1.82) is 0 Å². The molecule has 0 bridgehead atoms. The molecular weight excluding hydrogens is 248 g/mol. The number of hydrogen-bond donors (Lipinski definition) is 4. The lowest BCUT2D eigenvalue weighted by Gasteiger charge is -2.28. The lowest BCUT2D eigenvalue weighted by molar-refractivity contribution is 0.0373. The second-order valence-electron chi connectivity index (χ2n) is 3.83. The minimum atomic E-state index is -1.68. The van der Waals surface area contributed by atoms with Crippen molar-refractivity contribution < 1.29 is 28.9 Å². The second kappa shape index (κ2) is 5.85. The summed E-state index contributed by atoms with van der Waals surface area (Å²) in [5, 5.41) is 29.0. The van der Waals surface area contributed by atoms with E-state index in [1.165, 1.54) is 0 Å². The first-order chi connectivity index (χ1) is 8.48. The summed E-state index contributed by atoms with van der Waals surface area (Å²) in [6.07, 6.45) is 0. The maximum absolute atomic E-state index is 13.3. The SMILES string of the molecule is O=C(NC(CO)(CO)CO)c1cc(F)ccc1F. The van der Waals surface area contributed by atoms with Crippen LogP contribution in [0.15, 0.2) is 18.2 Å². The molecule has 1 amide bonds. The summed E-state index contributed by atoms with van der Waals surface area (Å²) in [7, 11) is 0. The van der Waals surface area contributed by atoms with E-state index in [0.717, 1.165) is 12.1 Å². The van der Waals surface area contributed by atoms with E-state index in [-0.39, 0.29) is 0 Å². The van der Waals surface area contributed by atoms with E-state index >= 15 is 0 Å². The van der Waals surface area contributed by atoms with E-state index in [0.29, 0.717) is 6.07 Å². The van der Waals surface area contributed by atoms with Gasteiger partial charge < -0.3 is 20.6 Å². The molecule has 0 aliphatic rings. The molecule has 7 heteroatoms. The van der Waals surface area contributed by atoms with Crippen LogP contribution in [0.25, 0.3) is 0 Å². The van der Waals surface area contributed by atoms with E-state index in [4.69, 9.17) is 15.3 Å². The third-order valence-corrected chi connectivity index (χ3v) is 2.46. The molecule has 1 aromatic carbocycles. The highest BCUT2D eigenvalue weighted by Gasteiger charge is 2.31. The van der Waals surface area contributed by atoms with Crippen molar-refractivity contribution in [3.63, 3.8) is 0 Å². The van der Waals surface area contributed by atoms with Crippen molar-refractivity contribution in [2.75, 3.05) is 19.8 Å². The quantitative estimate of drug-likeness (QED) is 0.570. The largest absolute Gasteiger partial charge is 0.394 e. The highest BCUT2D eigenvalue weighted by atomic mass is 19.1. The molecule has 18 heavy (non-hydrogen) atoms. The topological polar surface area (TPSA) is 89.8 Å². The number of rotatable bonds is 5. The van der Waals surface area contributed by atoms with Gasteiger partial charge in [0, 0.05) is 0 Å². The Labute approximate surface area is 102 Å². The van der Waals surface area contributed by atoms with Gasteiger partial charge in [-0.3, -0.25) is 4.79 Å². The van der Waals surface area contributed by atoms with Gasteiger partial charge in [0.2, 0.25) is 0 Å². The van der Waals surface area contributed by atoms with Crippen molar-refractivity contribution in [3.8, 4) is 0 Å². The Morgan fingerprint density at radius 3 is 2.22 bits per heavy atom. The molecule has 0 aromatic heterocycles. The summed E-state index contributed by atoms with van der Waals surface area (Å²) in [5.74, 6) is -2.79. The molecule has 0 saturated carbocycles. The molecule has 1 rings (SSSR count). The molecule has 0 heterocycles. The predicted octanol–water partition coefficient (Wildman–Crippen LogP) is -0.590. The van der Waals surface area contributed by atoms with Crippen molar-refractivity contribution >= 4 is 5.91 Å². The van der Waals surface area contributed by atoms with Crippen molar-refractivity contribution in [2.45, 2.75) is 5.54 Å². The van der Waals surface area contributed by atoms with Gasteiger partial charge in [0.1, 0.15) is 17.2 Å². The zero-order chi connectivity index (χ0) is 13.8. The molecule has 0 aliphatic heterocycles. The molecule has 5 nitrogen and oxygen atoms in total. The van der Waals surface area contributed by atoms with Crippen molar-refractivity contribution in [3.05, 3.63) is 35.4 Å². The smallest absolute Gasteiger partial charge is 0.255 e. The highest BCUT2D eigenvalue weighted by Crippen LogP contribution is 2.11. The summed E-state index contributed by atoms with van der Waals surface area (Å²) < 4.78 is 26.2. The number of amides is 1. The van der Waals surface area contributed by atoms with Gasteiger partial charge in [-0.25, -0.2) is 8.78 Å². The van der Waals surface area contributed by atoms with Crippen LogP contribution < -0.4 is 5.32 Å². The van der Waals surface area contributed by atoms with Gasteiger partial charge in [-0.2, -0.15) is 0 Å². The van der Waals surface area contributed by atoms with Gasteiger partial charge in [-0.15, -0.1) is 0 Å². The Bertz CT molecular complexity index is 427. The minimum absolute atomic E-state index is 0.574. The van der Waals surface area contributed by atoms with E-state index in [2.05, 4.69) is 5.32 Å². The van der Waals surface area contributed by atoms with Gasteiger partial charge in [0.25, 0.3) is 5.91 Å². The number of aliphatic hydroxyl groups excluding tert-OH is 3. The van der Waals surface area contributed by atoms with Gasteiger partial charge >= 0.3 is 0 Å². The molecule has 0 spiro atoms. The second-order valence-corrected chi connectivity index (χ2v) is 3.83. The molecule has 0 saturated heterocycles. The fourth-order valence-corrected chi connectivity index (χ4v) is 1.25. The number of carbonyl (C=O) groups is 1. The zero-order valence-corrected chi connectivity index (χ0v) is 9.36. The average molecular weight is 261 g/mol. The van der Waals surface area contributed by atoms with Gasteiger partial charge in [-0.1, -0.05) is 0 Å². The molecule has 100 valence electrons. The molecule has 0 fully saturated rings. The Morgan fingerprint density at radius 2 is 1.72 bits per heavy atom. The molecule has 0 atom stereocenters. The van der Waals surface area contributed by atoms with Crippen LogP contribution in [0, 0.1) is 11.6 Å². The standard InChI is InChI=1S/C11H13F2NO4/c12-7-1-2-9(13)8(3-7)10(18)14-11(4-15,5-16)6-17/h1-3,15-17H,4-6H2,(H,14,18). The lowest BCUT2D eigenvalue weighted by Crippen LogP contribution is -2.57. The number of hydrogen-bond acceptors (Lipinski definition) is 4.